The van der Waals surface area contributed by atoms with Gasteiger partial charge in [0.15, 0.2) is 0 Å². The highest BCUT2D eigenvalue weighted by atomic mass is 16.4. The van der Waals surface area contributed by atoms with E-state index in [1.807, 2.05) is 0 Å². The molecule has 0 aromatic carbocycles. The van der Waals surface area contributed by atoms with Crippen molar-refractivity contribution in [3.63, 3.8) is 0 Å². The maximum Gasteiger partial charge on any atom is 0.309 e. The van der Waals surface area contributed by atoms with Gasteiger partial charge in [0.25, 0.3) is 0 Å². The van der Waals surface area contributed by atoms with E-state index in [-0.39, 0.29) is 5.92 Å². The molecule has 1 N–H and O–H groups in total. The predicted octanol–water partition coefficient (Wildman–Crippen LogP) is 0.345. The number of hydrogen-bond acceptors (Lipinski definition) is 3. The Morgan fingerprint density at radius 2 is 1.64 bits per heavy atom. The summed E-state index contributed by atoms with van der Waals surface area (Å²) in [6.45, 7) is 9.44. The molecule has 0 aromatic heterocycles. The topological polar surface area (TPSA) is 43.8 Å². The molecule has 4 nitrogen and oxygen atoms in total. The van der Waals surface area contributed by atoms with Crippen LogP contribution >= 0.6 is 0 Å². The zero-order valence-electron chi connectivity index (χ0n) is 9.07. The normalized spacial score (nSPS) is 22.1. The first-order valence-corrected chi connectivity index (χ1v) is 5.34. The van der Waals surface area contributed by atoms with Gasteiger partial charge in [-0.15, -0.1) is 0 Å². The molecule has 0 unspecified atom stereocenters. The van der Waals surface area contributed by atoms with Crippen molar-refractivity contribution in [3.8, 4) is 0 Å². The monoisotopic (exact) mass is 200 g/mol. The summed E-state index contributed by atoms with van der Waals surface area (Å²) in [5.74, 6) is -0.888. The fraction of sp³-hybridized carbons (Fsp3) is 0.900. The Kier molecular flexibility index (Phi) is 4.35. The van der Waals surface area contributed by atoms with E-state index >= 15 is 0 Å². The second kappa shape index (κ2) is 5.32. The van der Waals surface area contributed by atoms with Crippen LogP contribution in [0.4, 0.5) is 0 Å². The first kappa shape index (κ1) is 11.5. The summed E-state index contributed by atoms with van der Waals surface area (Å²) in [5, 5.41) is 9.04. The van der Waals surface area contributed by atoms with E-state index in [0.29, 0.717) is 13.1 Å². The lowest BCUT2D eigenvalue weighted by Crippen LogP contribution is -2.34. The van der Waals surface area contributed by atoms with Crippen molar-refractivity contribution in [1.82, 2.24) is 9.80 Å². The van der Waals surface area contributed by atoms with Crippen molar-refractivity contribution < 1.29 is 9.90 Å². The molecule has 0 radical (unpaired) electrons. The highest BCUT2D eigenvalue weighted by molar-refractivity contribution is 5.70. The van der Waals surface area contributed by atoms with Gasteiger partial charge in [-0.1, -0.05) is 13.8 Å². The first-order chi connectivity index (χ1) is 6.67. The van der Waals surface area contributed by atoms with E-state index in [1.54, 1.807) is 0 Å². The Hall–Kier alpha value is -0.610. The van der Waals surface area contributed by atoms with Crippen LogP contribution in [0.5, 0.6) is 0 Å². The number of aliphatic carboxylic acids is 1. The molecule has 0 spiro atoms. The van der Waals surface area contributed by atoms with Crippen LogP contribution in [0.2, 0.25) is 0 Å². The third-order valence-electron chi connectivity index (χ3n) is 2.93. The molecular weight excluding hydrogens is 180 g/mol. The zero-order chi connectivity index (χ0) is 10.6. The van der Waals surface area contributed by atoms with Gasteiger partial charge >= 0.3 is 5.97 Å². The largest absolute Gasteiger partial charge is 0.481 e. The van der Waals surface area contributed by atoms with Gasteiger partial charge in [-0.25, -0.2) is 0 Å². The van der Waals surface area contributed by atoms with Crippen molar-refractivity contribution in [3.05, 3.63) is 0 Å². The quantitative estimate of drug-likeness (QED) is 0.713. The Morgan fingerprint density at radius 3 is 1.93 bits per heavy atom. The summed E-state index contributed by atoms with van der Waals surface area (Å²) in [6.07, 6.45) is 0. The molecule has 1 aliphatic heterocycles. The van der Waals surface area contributed by atoms with Gasteiger partial charge < -0.3 is 14.9 Å². The van der Waals surface area contributed by atoms with Crippen LogP contribution in [0.3, 0.4) is 0 Å². The van der Waals surface area contributed by atoms with Crippen LogP contribution in [0.15, 0.2) is 0 Å². The number of likely N-dealkylation sites (N-methyl/N-ethyl adjacent to an activating group) is 2. The molecule has 1 aliphatic rings. The fourth-order valence-corrected chi connectivity index (χ4v) is 1.88. The minimum atomic E-state index is -0.663. The van der Waals surface area contributed by atoms with Crippen LogP contribution in [0, 0.1) is 5.92 Å². The van der Waals surface area contributed by atoms with E-state index in [0.717, 1.165) is 26.2 Å². The maximum absolute atomic E-state index is 11.0. The van der Waals surface area contributed by atoms with E-state index in [4.69, 9.17) is 5.11 Å². The SMILES string of the molecule is CCN1CCN(CC)CC(C(=O)O)C1. The van der Waals surface area contributed by atoms with E-state index in [1.165, 1.54) is 0 Å². The molecule has 4 heteroatoms. The number of hydrogen-bond donors (Lipinski definition) is 1. The molecule has 1 heterocycles. The van der Waals surface area contributed by atoms with Crippen molar-refractivity contribution in [2.24, 2.45) is 5.92 Å². The van der Waals surface area contributed by atoms with Crippen LogP contribution in [0.1, 0.15) is 13.8 Å². The number of carboxylic acids is 1. The lowest BCUT2D eigenvalue weighted by Gasteiger charge is -2.19. The lowest BCUT2D eigenvalue weighted by atomic mass is 10.1. The summed E-state index contributed by atoms with van der Waals surface area (Å²) in [7, 11) is 0. The summed E-state index contributed by atoms with van der Waals surface area (Å²) in [6, 6.07) is 0. The smallest absolute Gasteiger partial charge is 0.309 e. The molecular formula is C10H20N2O2. The molecule has 0 aromatic rings. The van der Waals surface area contributed by atoms with Gasteiger partial charge in [-0.05, 0) is 13.1 Å². The molecule has 0 saturated carbocycles. The van der Waals surface area contributed by atoms with E-state index in [9.17, 15) is 4.79 Å². The Morgan fingerprint density at radius 1 is 1.21 bits per heavy atom. The molecule has 0 bridgehead atoms. The summed E-state index contributed by atoms with van der Waals surface area (Å²) in [4.78, 5) is 15.4. The molecule has 1 rings (SSSR count). The lowest BCUT2D eigenvalue weighted by molar-refractivity contribution is -0.142. The van der Waals surface area contributed by atoms with Crippen LogP contribution < -0.4 is 0 Å². The maximum atomic E-state index is 11.0. The fourth-order valence-electron chi connectivity index (χ4n) is 1.88. The van der Waals surface area contributed by atoms with Crippen molar-refractivity contribution in [2.75, 3.05) is 39.3 Å². The Labute approximate surface area is 85.5 Å². The van der Waals surface area contributed by atoms with Crippen LogP contribution in [0.25, 0.3) is 0 Å². The molecule has 0 amide bonds. The zero-order valence-corrected chi connectivity index (χ0v) is 9.07. The number of rotatable bonds is 3. The summed E-state index contributed by atoms with van der Waals surface area (Å²) in [5.41, 5.74) is 0. The highest BCUT2D eigenvalue weighted by Gasteiger charge is 2.25. The number of carboxylic acid groups (broad SMARTS) is 1. The molecule has 1 saturated heterocycles. The van der Waals surface area contributed by atoms with E-state index < -0.39 is 5.97 Å². The van der Waals surface area contributed by atoms with Gasteiger partial charge in [-0.3, -0.25) is 4.79 Å². The summed E-state index contributed by atoms with van der Waals surface area (Å²) < 4.78 is 0. The number of nitrogens with zero attached hydrogens (tertiary/aromatic N) is 2. The molecule has 14 heavy (non-hydrogen) atoms. The molecule has 82 valence electrons. The molecule has 0 atom stereocenters. The minimum absolute atomic E-state index is 0.225. The van der Waals surface area contributed by atoms with Crippen molar-refractivity contribution >= 4 is 5.97 Å². The van der Waals surface area contributed by atoms with Gasteiger partial charge in [-0.2, -0.15) is 0 Å². The van der Waals surface area contributed by atoms with Gasteiger partial charge in [0.1, 0.15) is 0 Å². The standard InChI is InChI=1S/C10H20N2O2/c1-3-11-5-6-12(4-2)8-9(7-11)10(13)14/h9H,3-8H2,1-2H3,(H,13,14). The van der Waals surface area contributed by atoms with Crippen molar-refractivity contribution in [1.29, 1.82) is 0 Å². The number of carbonyl (C=O) groups is 1. The Balaban J connectivity index is 2.59. The highest BCUT2D eigenvalue weighted by Crippen LogP contribution is 2.09. The average molecular weight is 200 g/mol. The summed E-state index contributed by atoms with van der Waals surface area (Å²) >= 11 is 0. The van der Waals surface area contributed by atoms with Gasteiger partial charge in [0, 0.05) is 26.2 Å². The van der Waals surface area contributed by atoms with E-state index in [2.05, 4.69) is 23.6 Å². The molecule has 0 aliphatic carbocycles. The minimum Gasteiger partial charge on any atom is -0.481 e. The second-order valence-electron chi connectivity index (χ2n) is 3.82. The van der Waals surface area contributed by atoms with Crippen LogP contribution in [-0.4, -0.2) is 60.1 Å². The Bertz CT molecular complexity index is 183. The average Bonchev–Trinajstić information content (AvgIpc) is 2.39. The van der Waals surface area contributed by atoms with Crippen molar-refractivity contribution in [2.45, 2.75) is 13.8 Å². The van der Waals surface area contributed by atoms with Gasteiger partial charge in [0.2, 0.25) is 0 Å². The third-order valence-corrected chi connectivity index (χ3v) is 2.93. The van der Waals surface area contributed by atoms with Crippen LogP contribution in [-0.2, 0) is 4.79 Å². The van der Waals surface area contributed by atoms with Gasteiger partial charge in [0.05, 0.1) is 5.92 Å². The first-order valence-electron chi connectivity index (χ1n) is 5.34. The predicted molar refractivity (Wildman–Crippen MR) is 55.4 cm³/mol. The third kappa shape index (κ3) is 2.96. The second-order valence-corrected chi connectivity index (χ2v) is 3.82. The molecule has 1 fully saturated rings.